The van der Waals surface area contributed by atoms with Gasteiger partial charge in [-0.3, -0.25) is 24.0 Å². The number of Topliss-reactive ketones (excluding diaryl/α,β-unsaturated/α-hetero) is 1. The van der Waals surface area contributed by atoms with Crippen molar-refractivity contribution in [3.05, 3.63) is 23.8 Å². The van der Waals surface area contributed by atoms with E-state index in [4.69, 9.17) is 14.2 Å². The Bertz CT molecular complexity index is 1170. The molecule has 0 unspecified atom stereocenters. The normalized spacial score (nSPS) is 39.8. The number of ketones is 2. The molecule has 0 radical (unpaired) electrons. The van der Waals surface area contributed by atoms with Gasteiger partial charge in [0.15, 0.2) is 23.7 Å². The summed E-state index contributed by atoms with van der Waals surface area (Å²) in [5.74, 6) is -4.06. The number of carbonyl (C=O) groups excluding carboxylic acids is 5. The van der Waals surface area contributed by atoms with Crippen LogP contribution in [0, 0.1) is 28.6 Å². The second kappa shape index (κ2) is 10.5. The average molecular weight is 561 g/mol. The second-order valence-corrected chi connectivity index (χ2v) is 12.2. The van der Waals surface area contributed by atoms with E-state index in [9.17, 15) is 24.0 Å². The maximum Gasteiger partial charge on any atom is 0.306 e. The summed E-state index contributed by atoms with van der Waals surface area (Å²) >= 11 is 0. The summed E-state index contributed by atoms with van der Waals surface area (Å²) in [4.78, 5) is 63.8. The summed E-state index contributed by atoms with van der Waals surface area (Å²) in [6.45, 7) is 9.68. The summed E-state index contributed by atoms with van der Waals surface area (Å²) < 4.78 is 35.3. The molecule has 0 heterocycles. The Morgan fingerprint density at radius 3 is 2.27 bits per heavy atom. The van der Waals surface area contributed by atoms with Crippen LogP contribution in [0.1, 0.15) is 86.5 Å². The van der Waals surface area contributed by atoms with Gasteiger partial charge >= 0.3 is 17.9 Å². The van der Waals surface area contributed by atoms with E-state index < -0.39 is 76.3 Å². The van der Waals surface area contributed by atoms with Crippen molar-refractivity contribution < 1.29 is 42.6 Å². The Morgan fingerprint density at radius 2 is 1.65 bits per heavy atom. The minimum Gasteiger partial charge on any atom is -0.459 e. The van der Waals surface area contributed by atoms with Crippen LogP contribution in [0.3, 0.4) is 0 Å². The fraction of sp³-hybridized carbons (Fsp3) is 0.710. The fourth-order valence-corrected chi connectivity index (χ4v) is 8.34. The molecule has 0 spiro atoms. The summed E-state index contributed by atoms with van der Waals surface area (Å²) in [6.07, 6.45) is 4.49. The van der Waals surface area contributed by atoms with Crippen molar-refractivity contribution in [2.24, 2.45) is 28.6 Å². The third kappa shape index (κ3) is 4.17. The summed E-state index contributed by atoms with van der Waals surface area (Å²) in [6, 6.07) is 0. The van der Waals surface area contributed by atoms with Crippen LogP contribution in [-0.4, -0.2) is 53.5 Å². The lowest BCUT2D eigenvalue weighted by molar-refractivity contribution is -0.236. The van der Waals surface area contributed by atoms with Crippen LogP contribution in [0.2, 0.25) is 0 Å². The van der Waals surface area contributed by atoms with E-state index in [2.05, 4.69) is 0 Å². The van der Waals surface area contributed by atoms with Crippen LogP contribution in [-0.2, 0) is 38.2 Å². The molecule has 0 aromatic heterocycles. The molecule has 0 bridgehead atoms. The van der Waals surface area contributed by atoms with Crippen LogP contribution in [0.25, 0.3) is 0 Å². The first-order chi connectivity index (χ1) is 18.7. The molecule has 220 valence electrons. The first-order valence-electron chi connectivity index (χ1n) is 14.5. The predicted molar refractivity (Wildman–Crippen MR) is 142 cm³/mol. The van der Waals surface area contributed by atoms with Crippen molar-refractivity contribution in [3.63, 3.8) is 0 Å². The van der Waals surface area contributed by atoms with Gasteiger partial charge in [0.25, 0.3) is 0 Å². The van der Waals surface area contributed by atoms with Crippen LogP contribution in [0.15, 0.2) is 23.8 Å². The van der Waals surface area contributed by atoms with Crippen molar-refractivity contribution in [3.8, 4) is 0 Å². The van der Waals surface area contributed by atoms with E-state index in [0.717, 1.165) is 0 Å². The lowest BCUT2D eigenvalue weighted by Crippen LogP contribution is -2.70. The van der Waals surface area contributed by atoms with Crippen molar-refractivity contribution in [1.82, 2.24) is 0 Å². The molecule has 3 fully saturated rings. The molecule has 4 rings (SSSR count). The molecule has 8 nitrogen and oxygen atoms in total. The SMILES string of the molecule is CCC(=O)OCC(=O)[C@]1(OC(=O)CC)[C@@H](C)C[C@H]2[C@@H]3CCC4=CC(=O)C=C[C@@]4(C)[C@]3(F)[C@@H](OC(=O)CC)C[C@]21C. The van der Waals surface area contributed by atoms with Gasteiger partial charge in [-0.1, -0.05) is 46.3 Å². The summed E-state index contributed by atoms with van der Waals surface area (Å²) in [5.41, 5.74) is -5.41. The van der Waals surface area contributed by atoms with Gasteiger partial charge in [0.1, 0.15) is 6.10 Å². The number of esters is 3. The summed E-state index contributed by atoms with van der Waals surface area (Å²) in [5, 5.41) is 0. The molecule has 40 heavy (non-hydrogen) atoms. The van der Waals surface area contributed by atoms with Crippen molar-refractivity contribution in [2.45, 2.75) is 104 Å². The van der Waals surface area contributed by atoms with Gasteiger partial charge in [0, 0.05) is 41.9 Å². The van der Waals surface area contributed by atoms with Crippen LogP contribution in [0.5, 0.6) is 0 Å². The minimum absolute atomic E-state index is 0.0209. The van der Waals surface area contributed by atoms with Crippen molar-refractivity contribution in [2.75, 3.05) is 6.61 Å². The number of ether oxygens (including phenoxy) is 3. The van der Waals surface area contributed by atoms with Crippen LogP contribution < -0.4 is 0 Å². The topological polar surface area (TPSA) is 113 Å². The molecule has 4 aliphatic rings. The van der Waals surface area contributed by atoms with Gasteiger partial charge in [-0.05, 0) is 50.7 Å². The van der Waals surface area contributed by atoms with E-state index >= 15 is 4.39 Å². The monoisotopic (exact) mass is 560 g/mol. The largest absolute Gasteiger partial charge is 0.459 e. The van der Waals surface area contributed by atoms with E-state index in [1.54, 1.807) is 33.8 Å². The molecule has 0 aromatic rings. The number of allylic oxidation sites excluding steroid dienone is 4. The van der Waals surface area contributed by atoms with Crippen LogP contribution in [0.4, 0.5) is 4.39 Å². The third-order valence-corrected chi connectivity index (χ3v) is 10.3. The highest BCUT2D eigenvalue weighted by Crippen LogP contribution is 2.72. The highest BCUT2D eigenvalue weighted by atomic mass is 19.1. The zero-order valence-corrected chi connectivity index (χ0v) is 24.3. The third-order valence-electron chi connectivity index (χ3n) is 10.3. The van der Waals surface area contributed by atoms with Gasteiger partial charge in [0.2, 0.25) is 5.78 Å². The molecule has 0 aliphatic heterocycles. The van der Waals surface area contributed by atoms with Gasteiger partial charge in [-0.2, -0.15) is 0 Å². The number of alkyl halides is 1. The van der Waals surface area contributed by atoms with Gasteiger partial charge in [0.05, 0.1) is 0 Å². The highest BCUT2D eigenvalue weighted by Gasteiger charge is 2.78. The van der Waals surface area contributed by atoms with Gasteiger partial charge in [-0.15, -0.1) is 0 Å². The molecule has 4 aliphatic carbocycles. The molecule has 0 amide bonds. The molecule has 9 heteroatoms. The maximum absolute atomic E-state index is 18.1. The second-order valence-electron chi connectivity index (χ2n) is 12.2. The average Bonchev–Trinajstić information content (AvgIpc) is 3.14. The Balaban J connectivity index is 1.88. The Hall–Kier alpha value is -2.84. The van der Waals surface area contributed by atoms with Gasteiger partial charge in [-0.25, -0.2) is 4.39 Å². The lowest BCUT2D eigenvalue weighted by Gasteiger charge is -2.63. The van der Waals surface area contributed by atoms with E-state index in [1.807, 2.05) is 13.8 Å². The molecule has 0 aromatic carbocycles. The number of rotatable bonds is 8. The van der Waals surface area contributed by atoms with E-state index in [-0.39, 0.29) is 31.5 Å². The minimum atomic E-state index is -2.06. The van der Waals surface area contributed by atoms with Crippen molar-refractivity contribution >= 4 is 29.5 Å². The molecular formula is C31H41FO8. The zero-order chi connectivity index (χ0) is 29.7. The van der Waals surface area contributed by atoms with E-state index in [0.29, 0.717) is 24.8 Å². The number of hydrogen-bond acceptors (Lipinski definition) is 8. The van der Waals surface area contributed by atoms with Crippen LogP contribution >= 0.6 is 0 Å². The number of fused-ring (bicyclic) bond motifs is 5. The molecule has 0 N–H and O–H groups in total. The Morgan fingerprint density at radius 1 is 1.00 bits per heavy atom. The zero-order valence-electron chi connectivity index (χ0n) is 24.3. The number of halogens is 1. The summed E-state index contributed by atoms with van der Waals surface area (Å²) in [7, 11) is 0. The highest BCUT2D eigenvalue weighted by molar-refractivity contribution is 6.01. The lowest BCUT2D eigenvalue weighted by atomic mass is 9.44. The van der Waals surface area contributed by atoms with E-state index in [1.165, 1.54) is 12.2 Å². The quantitative estimate of drug-likeness (QED) is 0.308. The van der Waals surface area contributed by atoms with Crippen molar-refractivity contribution in [1.29, 1.82) is 0 Å². The molecule has 3 saturated carbocycles. The number of carbonyl (C=O) groups is 5. The first kappa shape index (κ1) is 30.1. The first-order valence-corrected chi connectivity index (χ1v) is 14.5. The standard InChI is InChI=1S/C31H41FO8/c1-7-25(35)38-17-23(34)31(40-27(37)9-3)18(4)14-22-21-11-10-19-15-20(33)12-13-28(19,5)30(21,32)24(16-29(22,31)6)39-26(36)8-2/h12-13,15,18,21-22,24H,7-11,14,16-17H2,1-6H3/t18-,21-,22-,24-,28+,29+,30+,31+/m0/s1. The van der Waals surface area contributed by atoms with Gasteiger partial charge < -0.3 is 14.2 Å². The molecule has 8 atom stereocenters. The fourth-order valence-electron chi connectivity index (χ4n) is 8.34. The number of hydrogen-bond donors (Lipinski definition) is 0. The Labute approximate surface area is 235 Å². The smallest absolute Gasteiger partial charge is 0.306 e. The molecule has 0 saturated heterocycles. The Kier molecular flexibility index (Phi) is 7.93. The maximum atomic E-state index is 18.1. The molecular weight excluding hydrogens is 519 g/mol. The predicted octanol–water partition coefficient (Wildman–Crippen LogP) is 4.78.